The van der Waals surface area contributed by atoms with Gasteiger partial charge in [0.25, 0.3) is 0 Å². The van der Waals surface area contributed by atoms with Gasteiger partial charge in [0.05, 0.1) is 18.2 Å². The van der Waals surface area contributed by atoms with Crippen molar-refractivity contribution >= 4 is 11.6 Å². The molecule has 29 heavy (non-hydrogen) atoms. The lowest BCUT2D eigenvalue weighted by molar-refractivity contribution is -0.115. The highest BCUT2D eigenvalue weighted by molar-refractivity contribution is 5.91. The molecule has 2 aromatic carbocycles. The molecule has 6 heteroatoms. The van der Waals surface area contributed by atoms with E-state index >= 15 is 0 Å². The number of aliphatic hydroxyl groups is 1. The molecule has 3 aromatic rings. The fourth-order valence-corrected chi connectivity index (χ4v) is 2.81. The average Bonchev–Trinajstić information content (AvgIpc) is 2.75. The molecule has 0 aliphatic heterocycles. The monoisotopic (exact) mass is 391 g/mol. The van der Waals surface area contributed by atoms with Crippen molar-refractivity contribution in [2.45, 2.75) is 12.5 Å². The molecule has 0 saturated carbocycles. The zero-order valence-electron chi connectivity index (χ0n) is 16.1. The summed E-state index contributed by atoms with van der Waals surface area (Å²) in [7, 11) is 0. The number of carbonyl (C=O) groups excluding carboxylic acids is 1. The van der Waals surface area contributed by atoms with E-state index in [4.69, 9.17) is 4.74 Å². The minimum absolute atomic E-state index is 0.127. The van der Waals surface area contributed by atoms with Crippen molar-refractivity contribution < 1.29 is 14.6 Å². The number of para-hydroxylation sites is 1. The summed E-state index contributed by atoms with van der Waals surface area (Å²) < 4.78 is 5.72. The van der Waals surface area contributed by atoms with E-state index in [-0.39, 0.29) is 12.3 Å². The first-order valence-corrected chi connectivity index (χ1v) is 9.57. The van der Waals surface area contributed by atoms with Crippen LogP contribution < -0.4 is 15.4 Å². The smallest absolute Gasteiger partial charge is 0.230 e. The summed E-state index contributed by atoms with van der Waals surface area (Å²) in [6.45, 7) is 1.49. The Morgan fingerprint density at radius 1 is 1.03 bits per heavy atom. The van der Waals surface area contributed by atoms with Crippen LogP contribution in [0.1, 0.15) is 17.4 Å². The average molecular weight is 391 g/mol. The number of hydrogen-bond acceptors (Lipinski definition) is 5. The van der Waals surface area contributed by atoms with E-state index in [1.165, 1.54) is 0 Å². The molecule has 0 spiro atoms. The number of benzene rings is 2. The van der Waals surface area contributed by atoms with E-state index in [1.807, 2.05) is 60.7 Å². The molecule has 3 N–H and O–H groups in total. The summed E-state index contributed by atoms with van der Waals surface area (Å²) in [6.07, 6.45) is 1.26. The molecular formula is C23H25N3O3. The van der Waals surface area contributed by atoms with Crippen LogP contribution in [-0.4, -0.2) is 35.7 Å². The summed E-state index contributed by atoms with van der Waals surface area (Å²) in [4.78, 5) is 16.4. The van der Waals surface area contributed by atoms with E-state index in [0.29, 0.717) is 31.1 Å². The number of nitrogens with one attached hydrogen (secondary N) is 2. The zero-order valence-corrected chi connectivity index (χ0v) is 16.1. The van der Waals surface area contributed by atoms with Gasteiger partial charge in [0.1, 0.15) is 12.4 Å². The van der Waals surface area contributed by atoms with E-state index in [1.54, 1.807) is 18.3 Å². The SMILES string of the molecule is O=C(Cc1cc(OCCNC[C@H](O)c2ccccc2)ccn1)Nc1ccccc1. The van der Waals surface area contributed by atoms with Crippen LogP contribution in [0, 0.1) is 0 Å². The third-order valence-corrected chi connectivity index (χ3v) is 4.26. The van der Waals surface area contributed by atoms with E-state index in [2.05, 4.69) is 15.6 Å². The molecule has 150 valence electrons. The molecule has 0 radical (unpaired) electrons. The Morgan fingerprint density at radius 2 is 1.76 bits per heavy atom. The lowest BCUT2D eigenvalue weighted by Crippen LogP contribution is -2.26. The summed E-state index contributed by atoms with van der Waals surface area (Å²) >= 11 is 0. The molecule has 0 aliphatic rings. The molecule has 1 amide bonds. The van der Waals surface area contributed by atoms with E-state index in [0.717, 1.165) is 11.3 Å². The topological polar surface area (TPSA) is 83.5 Å². The Bertz CT molecular complexity index is 888. The number of aromatic nitrogens is 1. The Balaban J connectivity index is 1.39. The van der Waals surface area contributed by atoms with Gasteiger partial charge in [0.2, 0.25) is 5.91 Å². The third kappa shape index (κ3) is 7.03. The molecule has 0 aliphatic carbocycles. The van der Waals surface area contributed by atoms with Crippen LogP contribution in [0.3, 0.4) is 0 Å². The zero-order chi connectivity index (χ0) is 20.3. The first-order chi connectivity index (χ1) is 14.2. The minimum atomic E-state index is -0.549. The largest absolute Gasteiger partial charge is 0.492 e. The maximum atomic E-state index is 12.1. The first kappa shape index (κ1) is 20.5. The van der Waals surface area contributed by atoms with Crippen molar-refractivity contribution in [1.82, 2.24) is 10.3 Å². The Kier molecular flexibility index (Phi) is 7.74. The summed E-state index contributed by atoms with van der Waals surface area (Å²) in [6, 6.07) is 22.4. The van der Waals surface area contributed by atoms with Gasteiger partial charge in [-0.25, -0.2) is 0 Å². The second-order valence-electron chi connectivity index (χ2n) is 6.55. The number of aliphatic hydroxyl groups excluding tert-OH is 1. The number of ether oxygens (including phenoxy) is 1. The van der Waals surface area contributed by atoms with Gasteiger partial charge in [0, 0.05) is 31.0 Å². The minimum Gasteiger partial charge on any atom is -0.492 e. The molecule has 6 nitrogen and oxygen atoms in total. The van der Waals surface area contributed by atoms with Gasteiger partial charge in [-0.3, -0.25) is 9.78 Å². The number of carbonyl (C=O) groups is 1. The van der Waals surface area contributed by atoms with Crippen LogP contribution in [-0.2, 0) is 11.2 Å². The van der Waals surface area contributed by atoms with Crippen molar-refractivity contribution in [3.8, 4) is 5.75 Å². The quantitative estimate of drug-likeness (QED) is 0.463. The van der Waals surface area contributed by atoms with Crippen LogP contribution in [0.25, 0.3) is 0 Å². The molecule has 1 atom stereocenters. The number of rotatable bonds is 10. The maximum Gasteiger partial charge on any atom is 0.230 e. The summed E-state index contributed by atoms with van der Waals surface area (Å²) in [5.74, 6) is 0.533. The highest BCUT2D eigenvalue weighted by Gasteiger charge is 2.07. The van der Waals surface area contributed by atoms with Crippen molar-refractivity contribution in [3.63, 3.8) is 0 Å². The molecule has 0 bridgehead atoms. The second-order valence-corrected chi connectivity index (χ2v) is 6.55. The van der Waals surface area contributed by atoms with Gasteiger partial charge in [-0.2, -0.15) is 0 Å². The standard InChI is InChI=1S/C23H25N3O3/c27-22(18-7-3-1-4-8-18)17-24-13-14-29-21-11-12-25-20(15-21)16-23(28)26-19-9-5-2-6-10-19/h1-12,15,22,24,27H,13-14,16-17H2,(H,26,28)/t22-/m0/s1. The van der Waals surface area contributed by atoms with Crippen molar-refractivity contribution in [2.24, 2.45) is 0 Å². The fourth-order valence-electron chi connectivity index (χ4n) is 2.81. The summed E-state index contributed by atoms with van der Waals surface area (Å²) in [5, 5.41) is 16.1. The van der Waals surface area contributed by atoms with Crippen LogP contribution >= 0.6 is 0 Å². The Labute approximate surface area is 170 Å². The number of anilines is 1. The molecule has 0 unspecified atom stereocenters. The van der Waals surface area contributed by atoms with Gasteiger partial charge in [-0.1, -0.05) is 48.5 Å². The van der Waals surface area contributed by atoms with Gasteiger partial charge in [-0.15, -0.1) is 0 Å². The number of amides is 1. The van der Waals surface area contributed by atoms with Gasteiger partial charge in [-0.05, 0) is 23.8 Å². The first-order valence-electron chi connectivity index (χ1n) is 9.57. The van der Waals surface area contributed by atoms with Gasteiger partial charge < -0.3 is 20.5 Å². The van der Waals surface area contributed by atoms with Crippen LogP contribution in [0.5, 0.6) is 5.75 Å². The summed E-state index contributed by atoms with van der Waals surface area (Å²) in [5.41, 5.74) is 2.28. The van der Waals surface area contributed by atoms with Crippen molar-refractivity contribution in [3.05, 3.63) is 90.3 Å². The molecule has 1 aromatic heterocycles. The van der Waals surface area contributed by atoms with Crippen LogP contribution in [0.4, 0.5) is 5.69 Å². The lowest BCUT2D eigenvalue weighted by Gasteiger charge is -2.13. The van der Waals surface area contributed by atoms with Crippen LogP contribution in [0.15, 0.2) is 79.0 Å². The van der Waals surface area contributed by atoms with E-state index in [9.17, 15) is 9.90 Å². The second kappa shape index (κ2) is 10.9. The highest BCUT2D eigenvalue weighted by Crippen LogP contribution is 2.13. The number of hydrogen-bond donors (Lipinski definition) is 3. The third-order valence-electron chi connectivity index (χ3n) is 4.26. The number of pyridine rings is 1. The maximum absolute atomic E-state index is 12.1. The predicted molar refractivity (Wildman–Crippen MR) is 113 cm³/mol. The fraction of sp³-hybridized carbons (Fsp3) is 0.217. The van der Waals surface area contributed by atoms with Crippen molar-refractivity contribution in [2.75, 3.05) is 25.0 Å². The molecule has 0 fully saturated rings. The Morgan fingerprint density at radius 3 is 2.52 bits per heavy atom. The van der Waals surface area contributed by atoms with Gasteiger partial charge >= 0.3 is 0 Å². The van der Waals surface area contributed by atoms with Gasteiger partial charge in [0.15, 0.2) is 0 Å². The molecule has 3 rings (SSSR count). The van der Waals surface area contributed by atoms with Crippen LogP contribution in [0.2, 0.25) is 0 Å². The molecule has 0 saturated heterocycles. The molecule has 1 heterocycles. The molecular weight excluding hydrogens is 366 g/mol. The van der Waals surface area contributed by atoms with Crippen molar-refractivity contribution in [1.29, 1.82) is 0 Å². The predicted octanol–water partition coefficient (Wildman–Crippen LogP) is 2.96. The number of nitrogens with zero attached hydrogens (tertiary/aromatic N) is 1. The normalized spacial score (nSPS) is 11.6. The highest BCUT2D eigenvalue weighted by atomic mass is 16.5. The van der Waals surface area contributed by atoms with E-state index < -0.39 is 6.10 Å². The lowest BCUT2D eigenvalue weighted by atomic mass is 10.1. The Hall–Kier alpha value is -3.22.